The molecule has 0 unspecified atom stereocenters. The third-order valence-corrected chi connectivity index (χ3v) is 6.96. The number of rotatable bonds is 5. The molecule has 0 aromatic heterocycles. The van der Waals surface area contributed by atoms with Gasteiger partial charge in [-0.3, -0.25) is 14.4 Å². The van der Waals surface area contributed by atoms with Crippen molar-refractivity contribution in [2.45, 2.75) is 65.0 Å². The molecule has 1 heterocycles. The summed E-state index contributed by atoms with van der Waals surface area (Å²) in [5.74, 6) is -2.31. The summed E-state index contributed by atoms with van der Waals surface area (Å²) in [5, 5.41) is 27.3. The van der Waals surface area contributed by atoms with Gasteiger partial charge < -0.3 is 36.1 Å². The molecule has 0 saturated heterocycles. The van der Waals surface area contributed by atoms with Crippen LogP contribution >= 0.6 is 0 Å². The van der Waals surface area contributed by atoms with Crippen molar-refractivity contribution in [1.29, 1.82) is 0 Å². The van der Waals surface area contributed by atoms with E-state index in [1.807, 2.05) is 6.92 Å². The molecule has 1 aliphatic carbocycles. The van der Waals surface area contributed by atoms with Gasteiger partial charge in [-0.05, 0) is 38.2 Å². The summed E-state index contributed by atoms with van der Waals surface area (Å²) < 4.78 is 10.7. The number of methoxy groups -OCH3 is 1. The Hall–Kier alpha value is -3.80. The van der Waals surface area contributed by atoms with Gasteiger partial charge in [-0.2, -0.15) is 0 Å². The summed E-state index contributed by atoms with van der Waals surface area (Å²) in [5.41, 5.74) is 6.04. The Labute approximate surface area is 240 Å². The highest BCUT2D eigenvalue weighted by Crippen LogP contribution is 2.28. The first-order chi connectivity index (χ1) is 19.3. The lowest BCUT2D eigenvalue weighted by Gasteiger charge is -2.29. The van der Waals surface area contributed by atoms with Crippen LogP contribution in [0, 0.1) is 11.8 Å². The van der Waals surface area contributed by atoms with Gasteiger partial charge in [0.15, 0.2) is 6.10 Å². The molecule has 224 valence electrons. The maximum Gasteiger partial charge on any atom is 0.405 e. The van der Waals surface area contributed by atoms with Crippen LogP contribution in [0.1, 0.15) is 40.5 Å². The van der Waals surface area contributed by atoms with E-state index in [0.29, 0.717) is 12.0 Å². The average Bonchev–Trinajstić information content (AvgIpc) is 2.91. The molecule has 1 aliphatic heterocycles. The Bertz CT molecular complexity index is 1200. The van der Waals surface area contributed by atoms with Gasteiger partial charge in [0.1, 0.15) is 6.10 Å². The minimum absolute atomic E-state index is 0.136. The SMILES string of the molecule is C=CCNC1=C2C[C@@H](C)C[C@H](OC)[C@H](O)[C@@H](C)/C=C(/C)[C@H](OC(N)=O)[C@H](O)/C=C\C=C(\C)C(=O)NC(=CC1=O)C2=O. The standard InChI is InChI=1S/C30H41N3O8/c1-7-11-32-25-20-12-16(2)13-24(40-6)26(36)18(4)14-19(5)28(41-30(31)39)22(34)10-8-9-17(3)29(38)33-21(27(20)37)15-23(25)35/h7-10,14-16,18,22,24,26,28,32,34,36H,1,11-13H2,2-6H3,(H2,31,39)(H,33,38)/b10-8-,17-9-,19-14-/t16-,18+,22-,24+,26-,28+/m1/s1. The average molecular weight is 572 g/mol. The maximum absolute atomic E-state index is 13.5. The second-order valence-electron chi connectivity index (χ2n) is 10.4. The van der Waals surface area contributed by atoms with Crippen LogP contribution in [0.3, 0.4) is 0 Å². The zero-order valence-corrected chi connectivity index (χ0v) is 24.2. The van der Waals surface area contributed by atoms with E-state index >= 15 is 0 Å². The molecule has 11 heteroatoms. The highest BCUT2D eigenvalue weighted by Gasteiger charge is 2.33. The van der Waals surface area contributed by atoms with Crippen molar-refractivity contribution in [2.75, 3.05) is 13.7 Å². The van der Waals surface area contributed by atoms with Crippen molar-refractivity contribution in [1.82, 2.24) is 10.6 Å². The van der Waals surface area contributed by atoms with E-state index in [1.54, 1.807) is 26.0 Å². The molecule has 0 spiro atoms. The molecule has 11 nitrogen and oxygen atoms in total. The van der Waals surface area contributed by atoms with Crippen LogP contribution in [0.5, 0.6) is 0 Å². The van der Waals surface area contributed by atoms with E-state index in [1.165, 1.54) is 32.3 Å². The highest BCUT2D eigenvalue weighted by atomic mass is 16.6. The Morgan fingerprint density at radius 1 is 1.24 bits per heavy atom. The zero-order valence-electron chi connectivity index (χ0n) is 24.2. The predicted octanol–water partition coefficient (Wildman–Crippen LogP) is 1.88. The second-order valence-corrected chi connectivity index (χ2v) is 10.4. The number of hydrogen-bond donors (Lipinski definition) is 5. The minimum atomic E-state index is -1.33. The third kappa shape index (κ3) is 9.10. The molecule has 2 rings (SSSR count). The van der Waals surface area contributed by atoms with Crippen LogP contribution in [0.4, 0.5) is 4.79 Å². The van der Waals surface area contributed by atoms with Gasteiger partial charge in [0, 0.05) is 36.8 Å². The molecule has 2 amide bonds. The van der Waals surface area contributed by atoms with Crippen molar-refractivity contribution >= 4 is 23.6 Å². The largest absolute Gasteiger partial charge is 0.439 e. The molecular formula is C30H41N3O8. The number of hydrogen-bond acceptors (Lipinski definition) is 9. The van der Waals surface area contributed by atoms with Crippen LogP contribution in [0.15, 0.2) is 71.1 Å². The molecule has 0 saturated carbocycles. The second kappa shape index (κ2) is 15.3. The summed E-state index contributed by atoms with van der Waals surface area (Å²) in [4.78, 5) is 50.9. The number of ether oxygens (including phenoxy) is 2. The molecule has 2 aliphatic rings. The number of nitrogens with one attached hydrogen (secondary N) is 2. The van der Waals surface area contributed by atoms with E-state index in [2.05, 4.69) is 17.2 Å². The quantitative estimate of drug-likeness (QED) is 0.243. The summed E-state index contributed by atoms with van der Waals surface area (Å²) >= 11 is 0. The smallest absolute Gasteiger partial charge is 0.405 e. The lowest BCUT2D eigenvalue weighted by molar-refractivity contribution is -0.120. The van der Waals surface area contributed by atoms with Crippen molar-refractivity contribution in [3.8, 4) is 0 Å². The molecule has 2 bridgehead atoms. The van der Waals surface area contributed by atoms with E-state index < -0.39 is 53.9 Å². The van der Waals surface area contributed by atoms with Crippen molar-refractivity contribution in [2.24, 2.45) is 17.6 Å². The van der Waals surface area contributed by atoms with Gasteiger partial charge in [0.2, 0.25) is 11.6 Å². The molecule has 6 atom stereocenters. The summed E-state index contributed by atoms with van der Waals surface area (Å²) in [6.07, 6.45) is 3.67. The van der Waals surface area contributed by atoms with Gasteiger partial charge in [-0.15, -0.1) is 6.58 Å². The molecule has 0 aromatic carbocycles. The molecule has 0 radical (unpaired) electrons. The van der Waals surface area contributed by atoms with Crippen molar-refractivity contribution in [3.05, 3.63) is 71.1 Å². The number of carbonyl (C=O) groups is 4. The van der Waals surface area contributed by atoms with E-state index in [-0.39, 0.29) is 41.4 Å². The fourth-order valence-electron chi connectivity index (χ4n) is 4.77. The topological polar surface area (TPSA) is 177 Å². The molecule has 6 N–H and O–H groups in total. The van der Waals surface area contributed by atoms with Crippen LogP contribution < -0.4 is 16.4 Å². The van der Waals surface area contributed by atoms with Gasteiger partial charge >= 0.3 is 6.09 Å². The summed E-state index contributed by atoms with van der Waals surface area (Å²) in [6, 6.07) is 0. The Morgan fingerprint density at radius 2 is 1.93 bits per heavy atom. The lowest BCUT2D eigenvalue weighted by atomic mass is 9.85. The van der Waals surface area contributed by atoms with E-state index in [9.17, 15) is 29.4 Å². The van der Waals surface area contributed by atoms with Gasteiger partial charge in [-0.1, -0.05) is 44.2 Å². The van der Waals surface area contributed by atoms with Crippen LogP contribution in [-0.2, 0) is 23.9 Å². The molecule has 0 fully saturated rings. The van der Waals surface area contributed by atoms with Gasteiger partial charge in [0.25, 0.3) is 5.91 Å². The molecular weight excluding hydrogens is 530 g/mol. The highest BCUT2D eigenvalue weighted by molar-refractivity contribution is 6.23. The molecule has 41 heavy (non-hydrogen) atoms. The summed E-state index contributed by atoms with van der Waals surface area (Å²) in [6.45, 7) is 10.7. The van der Waals surface area contributed by atoms with Crippen molar-refractivity contribution < 1.29 is 38.9 Å². The minimum Gasteiger partial charge on any atom is -0.439 e. The van der Waals surface area contributed by atoms with E-state index in [4.69, 9.17) is 15.2 Å². The van der Waals surface area contributed by atoms with Crippen LogP contribution in [-0.4, -0.2) is 71.9 Å². The number of amides is 2. The number of allylic oxidation sites excluding steroid dienone is 4. The normalized spacial score (nSPS) is 32.1. The number of ketones is 2. The number of nitrogens with two attached hydrogens (primary N) is 1. The Morgan fingerprint density at radius 3 is 2.54 bits per heavy atom. The number of fused-ring (bicyclic) bond motifs is 2. The molecule has 0 aromatic rings. The maximum atomic E-state index is 13.5. The number of Topliss-reactive ketones (excluding diaryl/α,β-unsaturated/α-hetero) is 1. The first-order valence-electron chi connectivity index (χ1n) is 13.4. The Balaban J connectivity index is 2.59. The fourth-order valence-corrected chi connectivity index (χ4v) is 4.77. The number of primary amides is 1. The van der Waals surface area contributed by atoms with E-state index in [0.717, 1.165) is 6.08 Å². The lowest BCUT2D eigenvalue weighted by Crippen LogP contribution is -2.37. The number of aliphatic hydroxyl groups is 2. The fraction of sp³-hybridized carbons (Fsp3) is 0.467. The number of carbonyl (C=O) groups excluding carboxylic acids is 4. The van der Waals surface area contributed by atoms with Gasteiger partial charge in [0.05, 0.1) is 23.6 Å². The van der Waals surface area contributed by atoms with Crippen LogP contribution in [0.25, 0.3) is 0 Å². The predicted molar refractivity (Wildman–Crippen MR) is 153 cm³/mol. The zero-order chi connectivity index (χ0) is 30.9. The Kier molecular flexibility index (Phi) is 12.4. The van der Waals surface area contributed by atoms with Gasteiger partial charge in [-0.25, -0.2) is 4.79 Å². The monoisotopic (exact) mass is 571 g/mol. The first-order valence-corrected chi connectivity index (χ1v) is 13.4. The van der Waals surface area contributed by atoms with Crippen LogP contribution in [0.2, 0.25) is 0 Å². The number of aliphatic hydroxyl groups excluding tert-OH is 2. The van der Waals surface area contributed by atoms with Crippen molar-refractivity contribution in [3.63, 3.8) is 0 Å². The third-order valence-electron chi connectivity index (χ3n) is 6.96. The summed E-state index contributed by atoms with van der Waals surface area (Å²) in [7, 11) is 1.46. The first kappa shape index (κ1) is 33.4.